The molecule has 0 aliphatic carbocycles. The van der Waals surface area contributed by atoms with Crippen molar-refractivity contribution in [2.75, 3.05) is 24.6 Å². The molecule has 0 radical (unpaired) electrons. The van der Waals surface area contributed by atoms with E-state index in [-0.39, 0.29) is 0 Å². The number of ether oxygens (including phenoxy) is 1. The molecule has 0 saturated carbocycles. The third kappa shape index (κ3) is 3.33. The van der Waals surface area contributed by atoms with E-state index in [0.717, 1.165) is 37.5 Å². The normalized spacial score (nSPS) is 20.6. The number of hydrogen-bond donors (Lipinski definition) is 0. The molecule has 3 nitrogen and oxygen atoms in total. The van der Waals surface area contributed by atoms with Crippen molar-refractivity contribution in [3.63, 3.8) is 0 Å². The van der Waals surface area contributed by atoms with Crippen molar-refractivity contribution < 1.29 is 4.74 Å². The lowest BCUT2D eigenvalue weighted by Gasteiger charge is -2.33. The monoisotopic (exact) mass is 254 g/mol. The molecule has 0 amide bonds. The molecule has 1 atom stereocenters. The number of pyridine rings is 1. The van der Waals surface area contributed by atoms with Crippen molar-refractivity contribution in [2.24, 2.45) is 0 Å². The second-order valence-corrected chi connectivity index (χ2v) is 4.59. The molecule has 2 rings (SSSR count). The summed E-state index contributed by atoms with van der Waals surface area (Å²) in [5.74, 6) is 1.55. The van der Waals surface area contributed by atoms with E-state index in [4.69, 9.17) is 16.3 Å². The predicted octanol–water partition coefficient (Wildman–Crippen LogP) is 2.83. The summed E-state index contributed by atoms with van der Waals surface area (Å²) in [7, 11) is 0. The fourth-order valence-corrected chi connectivity index (χ4v) is 2.36. The molecule has 1 aliphatic rings. The highest BCUT2D eigenvalue weighted by Gasteiger charge is 2.20. The molecule has 1 fully saturated rings. The molecule has 1 aromatic heterocycles. The molecule has 1 aromatic rings. The molecule has 2 heterocycles. The molecule has 1 aliphatic heterocycles. The van der Waals surface area contributed by atoms with Crippen molar-refractivity contribution in [1.82, 2.24) is 4.98 Å². The van der Waals surface area contributed by atoms with Crippen molar-refractivity contribution in [1.29, 1.82) is 0 Å². The largest absolute Gasteiger partial charge is 0.377 e. The van der Waals surface area contributed by atoms with E-state index in [1.807, 2.05) is 25.3 Å². The lowest BCUT2D eigenvalue weighted by molar-refractivity contribution is 0.0525. The van der Waals surface area contributed by atoms with Gasteiger partial charge in [-0.25, -0.2) is 4.98 Å². The lowest BCUT2D eigenvalue weighted by atomic mass is 10.1. The van der Waals surface area contributed by atoms with Gasteiger partial charge >= 0.3 is 0 Å². The van der Waals surface area contributed by atoms with Crippen LogP contribution in [-0.4, -0.2) is 30.8 Å². The van der Waals surface area contributed by atoms with E-state index in [1.165, 1.54) is 6.42 Å². The Morgan fingerprint density at radius 1 is 1.53 bits per heavy atom. The topological polar surface area (TPSA) is 25.4 Å². The maximum Gasteiger partial charge on any atom is 0.128 e. The molecular weight excluding hydrogens is 236 g/mol. The molecule has 17 heavy (non-hydrogen) atoms. The summed E-state index contributed by atoms with van der Waals surface area (Å²) in [6.07, 6.45) is 4.53. The van der Waals surface area contributed by atoms with Crippen LogP contribution in [0.3, 0.4) is 0 Å². The minimum atomic E-state index is 0.350. The lowest BCUT2D eigenvalue weighted by Crippen LogP contribution is -2.40. The number of piperidine rings is 1. The fourth-order valence-electron chi connectivity index (χ4n) is 2.20. The Morgan fingerprint density at radius 2 is 2.41 bits per heavy atom. The van der Waals surface area contributed by atoms with Crippen molar-refractivity contribution in [3.8, 4) is 0 Å². The zero-order valence-electron chi connectivity index (χ0n) is 10.2. The van der Waals surface area contributed by atoms with Gasteiger partial charge < -0.3 is 9.64 Å². The van der Waals surface area contributed by atoms with Crippen LogP contribution in [-0.2, 0) is 10.6 Å². The van der Waals surface area contributed by atoms with Crippen LogP contribution in [0.15, 0.2) is 18.3 Å². The highest BCUT2D eigenvalue weighted by atomic mass is 35.5. The van der Waals surface area contributed by atoms with E-state index in [0.29, 0.717) is 12.0 Å². The Bertz CT molecular complexity index is 340. The number of anilines is 1. The number of nitrogens with zero attached hydrogens (tertiary/aromatic N) is 2. The van der Waals surface area contributed by atoms with E-state index in [2.05, 4.69) is 9.88 Å². The average Bonchev–Trinajstić information content (AvgIpc) is 2.40. The van der Waals surface area contributed by atoms with Crippen molar-refractivity contribution in [2.45, 2.75) is 31.7 Å². The number of aromatic nitrogens is 1. The summed E-state index contributed by atoms with van der Waals surface area (Å²) in [6, 6.07) is 4.09. The SMILES string of the molecule is CCOC1CCCN(c2ccc(CCl)cn2)C1. The van der Waals surface area contributed by atoms with Crippen LogP contribution >= 0.6 is 11.6 Å². The standard InChI is InChI=1S/C13H19ClN2O/c1-2-17-12-4-3-7-16(10-12)13-6-5-11(8-14)9-15-13/h5-6,9,12H,2-4,7-8,10H2,1H3. The summed E-state index contributed by atoms with van der Waals surface area (Å²) >= 11 is 5.76. The van der Waals surface area contributed by atoms with Gasteiger partial charge in [0.05, 0.1) is 6.10 Å². The first kappa shape index (κ1) is 12.7. The molecule has 1 saturated heterocycles. The van der Waals surface area contributed by atoms with Gasteiger partial charge in [-0.1, -0.05) is 6.07 Å². The van der Waals surface area contributed by atoms with E-state index >= 15 is 0 Å². The second-order valence-electron chi connectivity index (χ2n) is 4.32. The Kier molecular flexibility index (Phi) is 4.63. The second kappa shape index (κ2) is 6.22. The zero-order valence-corrected chi connectivity index (χ0v) is 11.0. The summed E-state index contributed by atoms with van der Waals surface area (Å²) in [5.41, 5.74) is 1.06. The highest BCUT2D eigenvalue weighted by Crippen LogP contribution is 2.19. The molecule has 0 bridgehead atoms. The third-order valence-corrected chi connectivity index (χ3v) is 3.38. The van der Waals surface area contributed by atoms with E-state index in [9.17, 15) is 0 Å². The Hall–Kier alpha value is -0.800. The zero-order chi connectivity index (χ0) is 12.1. The smallest absolute Gasteiger partial charge is 0.128 e. The quantitative estimate of drug-likeness (QED) is 0.773. The third-order valence-electron chi connectivity index (χ3n) is 3.07. The van der Waals surface area contributed by atoms with Crippen molar-refractivity contribution in [3.05, 3.63) is 23.9 Å². The molecule has 1 unspecified atom stereocenters. The summed E-state index contributed by atoms with van der Waals surface area (Å²) in [6.45, 7) is 4.85. The highest BCUT2D eigenvalue weighted by molar-refractivity contribution is 6.17. The van der Waals surface area contributed by atoms with Crippen LogP contribution in [0.1, 0.15) is 25.3 Å². The van der Waals surface area contributed by atoms with E-state index < -0.39 is 0 Å². The summed E-state index contributed by atoms with van der Waals surface area (Å²) in [4.78, 5) is 6.75. The molecule has 94 valence electrons. The fraction of sp³-hybridized carbons (Fsp3) is 0.615. The van der Waals surface area contributed by atoms with Gasteiger partial charge in [-0.2, -0.15) is 0 Å². The first-order valence-electron chi connectivity index (χ1n) is 6.21. The average molecular weight is 255 g/mol. The van der Waals surface area contributed by atoms with Crippen molar-refractivity contribution >= 4 is 17.4 Å². The van der Waals surface area contributed by atoms with E-state index in [1.54, 1.807) is 0 Å². The van der Waals surface area contributed by atoms with Gasteiger partial charge in [-0.15, -0.1) is 11.6 Å². The first-order chi connectivity index (χ1) is 8.33. The van der Waals surface area contributed by atoms with Crippen LogP contribution in [0.2, 0.25) is 0 Å². The van der Waals surface area contributed by atoms with Crippen LogP contribution in [0.25, 0.3) is 0 Å². The van der Waals surface area contributed by atoms with Crippen LogP contribution in [0, 0.1) is 0 Å². The maximum absolute atomic E-state index is 5.76. The Balaban J connectivity index is 2.00. The number of alkyl halides is 1. The van der Waals surface area contributed by atoms with Gasteiger partial charge in [0.15, 0.2) is 0 Å². The maximum atomic E-state index is 5.76. The minimum absolute atomic E-state index is 0.350. The van der Waals surface area contributed by atoms with Gasteiger partial charge in [0.1, 0.15) is 5.82 Å². The minimum Gasteiger partial charge on any atom is -0.377 e. The number of hydrogen-bond acceptors (Lipinski definition) is 3. The summed E-state index contributed by atoms with van der Waals surface area (Å²) in [5, 5.41) is 0. The molecule has 0 aromatic carbocycles. The molecule has 0 N–H and O–H groups in total. The number of halogens is 1. The van der Waals surface area contributed by atoms with Gasteiger partial charge in [0.2, 0.25) is 0 Å². The van der Waals surface area contributed by atoms with Crippen LogP contribution < -0.4 is 4.90 Å². The van der Waals surface area contributed by atoms with Gasteiger partial charge in [-0.05, 0) is 31.4 Å². The molecule has 4 heteroatoms. The predicted molar refractivity (Wildman–Crippen MR) is 70.7 cm³/mol. The molecule has 0 spiro atoms. The van der Waals surface area contributed by atoms with Crippen LogP contribution in [0.4, 0.5) is 5.82 Å². The van der Waals surface area contributed by atoms with Crippen LogP contribution in [0.5, 0.6) is 0 Å². The Morgan fingerprint density at radius 3 is 3.06 bits per heavy atom. The number of rotatable bonds is 4. The van der Waals surface area contributed by atoms with Gasteiger partial charge in [0.25, 0.3) is 0 Å². The molecular formula is C13H19ClN2O. The van der Waals surface area contributed by atoms with Gasteiger partial charge in [-0.3, -0.25) is 0 Å². The van der Waals surface area contributed by atoms with Gasteiger partial charge in [0, 0.05) is 31.8 Å². The summed E-state index contributed by atoms with van der Waals surface area (Å²) < 4.78 is 5.69. The first-order valence-corrected chi connectivity index (χ1v) is 6.74. The Labute approximate surface area is 108 Å².